The third-order valence-corrected chi connectivity index (χ3v) is 10.7. The SMILES string of the molecule is CCO[C@@H]1[C@@H](OC)O[C@H](CO)[C@@H](OCc2ccc(OC)cc2)[C@@H]1O[Si](C)(C)C(C)(C)C. The van der Waals surface area contributed by atoms with Gasteiger partial charge in [0, 0.05) is 13.7 Å². The van der Waals surface area contributed by atoms with Crippen molar-refractivity contribution in [2.24, 2.45) is 0 Å². The zero-order valence-corrected chi connectivity index (χ0v) is 21.2. The first-order valence-corrected chi connectivity index (χ1v) is 13.8. The van der Waals surface area contributed by atoms with Crippen molar-refractivity contribution in [3.05, 3.63) is 29.8 Å². The van der Waals surface area contributed by atoms with Gasteiger partial charge in [-0.05, 0) is 42.8 Å². The van der Waals surface area contributed by atoms with Gasteiger partial charge in [0.15, 0.2) is 14.6 Å². The van der Waals surface area contributed by atoms with Crippen LogP contribution in [0.25, 0.3) is 0 Å². The van der Waals surface area contributed by atoms with Gasteiger partial charge in [-0.2, -0.15) is 0 Å². The van der Waals surface area contributed by atoms with Crippen LogP contribution in [0.2, 0.25) is 18.1 Å². The maximum atomic E-state index is 10.1. The van der Waals surface area contributed by atoms with Gasteiger partial charge in [0.05, 0.1) is 20.3 Å². The molecule has 1 fully saturated rings. The molecule has 0 bridgehead atoms. The first kappa shape index (κ1) is 26.3. The summed E-state index contributed by atoms with van der Waals surface area (Å²) in [4.78, 5) is 0. The second kappa shape index (κ2) is 11.2. The summed E-state index contributed by atoms with van der Waals surface area (Å²) < 4.78 is 36.0. The number of rotatable bonds is 10. The maximum Gasteiger partial charge on any atom is 0.192 e. The minimum atomic E-state index is -2.18. The van der Waals surface area contributed by atoms with Gasteiger partial charge in [-0.3, -0.25) is 0 Å². The van der Waals surface area contributed by atoms with E-state index in [1.165, 1.54) is 0 Å². The Hall–Kier alpha value is -1.00. The van der Waals surface area contributed by atoms with Gasteiger partial charge in [0.25, 0.3) is 0 Å². The minimum absolute atomic E-state index is 0.000117. The lowest BCUT2D eigenvalue weighted by atomic mass is 9.98. The van der Waals surface area contributed by atoms with Crippen LogP contribution in [0.4, 0.5) is 0 Å². The summed E-state index contributed by atoms with van der Waals surface area (Å²) in [6, 6.07) is 7.70. The molecule has 2 rings (SSSR count). The van der Waals surface area contributed by atoms with Gasteiger partial charge in [-0.25, -0.2) is 0 Å². The molecule has 31 heavy (non-hydrogen) atoms. The van der Waals surface area contributed by atoms with Crippen LogP contribution < -0.4 is 4.74 Å². The highest BCUT2D eigenvalue weighted by Gasteiger charge is 2.51. The largest absolute Gasteiger partial charge is 0.497 e. The molecule has 8 heteroatoms. The summed E-state index contributed by atoms with van der Waals surface area (Å²) in [5, 5.41) is 10.1. The number of aliphatic hydroxyl groups excluding tert-OH is 1. The molecular weight excluding hydrogens is 416 g/mol. The summed E-state index contributed by atoms with van der Waals surface area (Å²) in [6.07, 6.45) is -2.64. The van der Waals surface area contributed by atoms with Crippen LogP contribution in [0.3, 0.4) is 0 Å². The lowest BCUT2D eigenvalue weighted by molar-refractivity contribution is -0.308. The van der Waals surface area contributed by atoms with Crippen molar-refractivity contribution >= 4 is 8.32 Å². The molecule has 1 aromatic carbocycles. The molecule has 5 atom stereocenters. The fourth-order valence-electron chi connectivity index (χ4n) is 3.35. The average molecular weight is 457 g/mol. The molecular formula is C23H40O7Si. The first-order valence-electron chi connectivity index (χ1n) is 10.9. The third kappa shape index (κ3) is 6.51. The van der Waals surface area contributed by atoms with E-state index in [1.807, 2.05) is 31.2 Å². The highest BCUT2D eigenvalue weighted by atomic mass is 28.4. The molecule has 1 aromatic rings. The van der Waals surface area contributed by atoms with Crippen LogP contribution in [0.5, 0.6) is 5.75 Å². The highest BCUT2D eigenvalue weighted by molar-refractivity contribution is 6.74. The van der Waals surface area contributed by atoms with Crippen LogP contribution in [-0.2, 0) is 30.0 Å². The Kier molecular flexibility index (Phi) is 9.51. The fraction of sp³-hybridized carbons (Fsp3) is 0.739. The normalized spacial score (nSPS) is 27.3. The quantitative estimate of drug-likeness (QED) is 0.538. The van der Waals surface area contributed by atoms with Crippen molar-refractivity contribution in [1.29, 1.82) is 0 Å². The number of ether oxygens (including phenoxy) is 5. The number of benzene rings is 1. The second-order valence-corrected chi connectivity index (χ2v) is 14.1. The Morgan fingerprint density at radius 1 is 1.00 bits per heavy atom. The van der Waals surface area contributed by atoms with Crippen molar-refractivity contribution in [3.63, 3.8) is 0 Å². The smallest absolute Gasteiger partial charge is 0.192 e. The predicted octanol–water partition coefficient (Wildman–Crippen LogP) is 3.74. The molecule has 178 valence electrons. The highest BCUT2D eigenvalue weighted by Crippen LogP contribution is 2.40. The Morgan fingerprint density at radius 2 is 1.65 bits per heavy atom. The summed E-state index contributed by atoms with van der Waals surface area (Å²) in [5.74, 6) is 0.788. The lowest BCUT2D eigenvalue weighted by Gasteiger charge is -2.49. The predicted molar refractivity (Wildman–Crippen MR) is 122 cm³/mol. The van der Waals surface area contributed by atoms with E-state index in [0.717, 1.165) is 11.3 Å². The second-order valence-electron chi connectivity index (χ2n) is 9.35. The van der Waals surface area contributed by atoms with Crippen LogP contribution >= 0.6 is 0 Å². The molecule has 0 spiro atoms. The molecule has 1 saturated heterocycles. The van der Waals surface area contributed by atoms with E-state index in [0.29, 0.717) is 13.2 Å². The van der Waals surface area contributed by atoms with E-state index in [9.17, 15) is 5.11 Å². The summed E-state index contributed by atoms with van der Waals surface area (Å²) in [7, 11) is 1.04. The maximum absolute atomic E-state index is 10.1. The van der Waals surface area contributed by atoms with Crippen molar-refractivity contribution in [3.8, 4) is 5.75 Å². The van der Waals surface area contributed by atoms with E-state index >= 15 is 0 Å². The van der Waals surface area contributed by atoms with Gasteiger partial charge in [-0.1, -0.05) is 32.9 Å². The van der Waals surface area contributed by atoms with Gasteiger partial charge in [0.2, 0.25) is 0 Å². The van der Waals surface area contributed by atoms with Crippen LogP contribution in [0, 0.1) is 0 Å². The lowest BCUT2D eigenvalue weighted by Crippen LogP contribution is -2.64. The summed E-state index contributed by atoms with van der Waals surface area (Å²) in [5.41, 5.74) is 0.991. The van der Waals surface area contributed by atoms with Crippen molar-refractivity contribution < 1.29 is 33.2 Å². The zero-order chi connectivity index (χ0) is 23.2. The third-order valence-electron chi connectivity index (χ3n) is 6.20. The number of hydrogen-bond acceptors (Lipinski definition) is 7. The van der Waals surface area contributed by atoms with Gasteiger partial charge in [-0.15, -0.1) is 0 Å². The topological polar surface area (TPSA) is 75.6 Å². The van der Waals surface area contributed by atoms with E-state index < -0.39 is 39.0 Å². The summed E-state index contributed by atoms with van der Waals surface area (Å²) >= 11 is 0. The molecule has 0 unspecified atom stereocenters. The van der Waals surface area contributed by atoms with Gasteiger partial charge >= 0.3 is 0 Å². The Morgan fingerprint density at radius 3 is 2.13 bits per heavy atom. The van der Waals surface area contributed by atoms with E-state index in [4.69, 9.17) is 28.1 Å². The van der Waals surface area contributed by atoms with Gasteiger partial charge in [0.1, 0.15) is 30.2 Å². The number of methoxy groups -OCH3 is 2. The van der Waals surface area contributed by atoms with Crippen LogP contribution in [0.1, 0.15) is 33.3 Å². The van der Waals surface area contributed by atoms with Crippen molar-refractivity contribution in [2.45, 2.75) is 83.1 Å². The molecule has 0 aromatic heterocycles. The first-order chi connectivity index (χ1) is 14.6. The molecule has 1 aliphatic rings. The summed E-state index contributed by atoms with van der Waals surface area (Å²) in [6.45, 7) is 13.5. The molecule has 0 amide bonds. The standard InChI is InChI=1S/C23H40O7Si/c1-9-27-21-20(30-31(7,8)23(2,3)4)19(18(14-24)29-22(21)26-6)28-15-16-10-12-17(25-5)13-11-16/h10-13,18-22,24H,9,14-15H2,1-8H3/t18-,19-,20+,21+,22+/m1/s1. The van der Waals surface area contributed by atoms with Crippen LogP contribution in [-0.4, -0.2) is 71.6 Å². The van der Waals surface area contributed by atoms with Gasteiger partial charge < -0.3 is 33.2 Å². The molecule has 0 aliphatic carbocycles. The molecule has 1 aliphatic heterocycles. The Labute approximate surface area is 188 Å². The Bertz CT molecular complexity index is 659. The minimum Gasteiger partial charge on any atom is -0.497 e. The van der Waals surface area contributed by atoms with Crippen molar-refractivity contribution in [1.82, 2.24) is 0 Å². The van der Waals surface area contributed by atoms with Crippen molar-refractivity contribution in [2.75, 3.05) is 27.4 Å². The fourth-order valence-corrected chi connectivity index (χ4v) is 4.65. The van der Waals surface area contributed by atoms with E-state index in [-0.39, 0.29) is 11.6 Å². The number of hydrogen-bond donors (Lipinski definition) is 1. The molecule has 0 radical (unpaired) electrons. The van der Waals surface area contributed by atoms with Crippen LogP contribution in [0.15, 0.2) is 24.3 Å². The van der Waals surface area contributed by atoms with E-state index in [1.54, 1.807) is 14.2 Å². The monoisotopic (exact) mass is 456 g/mol. The molecule has 7 nitrogen and oxygen atoms in total. The van der Waals surface area contributed by atoms with E-state index in [2.05, 4.69) is 33.9 Å². The number of aliphatic hydroxyl groups is 1. The molecule has 0 saturated carbocycles. The zero-order valence-electron chi connectivity index (χ0n) is 20.2. The molecule has 1 heterocycles. The Balaban J connectivity index is 2.32. The average Bonchev–Trinajstić information content (AvgIpc) is 2.73. The molecule has 1 N–H and O–H groups in total.